The molecule has 2 heterocycles. The number of aliphatic hydroxyl groups excluding tert-OH is 1. The van der Waals surface area contributed by atoms with Gasteiger partial charge in [-0.3, -0.25) is 19.0 Å². The minimum Gasteiger partial charge on any atom is -0.481 e. The molecule has 56 heavy (non-hydrogen) atoms. The Kier molecular flexibility index (Phi) is 14.6. The average Bonchev–Trinajstić information content (AvgIpc) is 3.56. The monoisotopic (exact) mass is 762 g/mol. The predicted molar refractivity (Wildman–Crippen MR) is 213 cm³/mol. The number of ether oxygens (including phenoxy) is 2. The van der Waals surface area contributed by atoms with Gasteiger partial charge in [-0.2, -0.15) is 0 Å². The van der Waals surface area contributed by atoms with E-state index in [2.05, 4.69) is 9.98 Å². The first kappa shape index (κ1) is 41.5. The van der Waals surface area contributed by atoms with Crippen molar-refractivity contribution in [3.63, 3.8) is 0 Å². The topological polar surface area (TPSA) is 192 Å². The lowest BCUT2D eigenvalue weighted by Crippen LogP contribution is -2.19. The van der Waals surface area contributed by atoms with Crippen molar-refractivity contribution in [2.75, 3.05) is 20.3 Å². The number of aliphatic imine (C=N–C) groups is 2. The highest BCUT2D eigenvalue weighted by Gasteiger charge is 2.17. The minimum atomic E-state index is -1.06. The summed E-state index contributed by atoms with van der Waals surface area (Å²) in [6.45, 7) is 2.74. The van der Waals surface area contributed by atoms with Crippen molar-refractivity contribution in [2.45, 2.75) is 13.8 Å². The van der Waals surface area contributed by atoms with Crippen molar-refractivity contribution >= 4 is 35.7 Å². The Morgan fingerprint density at radius 3 is 1.23 bits per heavy atom. The maximum Gasteiger partial charge on any atom is 0.341 e. The number of carboxylic acids is 2. The predicted octanol–water partition coefficient (Wildman–Crippen LogP) is 5.01. The summed E-state index contributed by atoms with van der Waals surface area (Å²) >= 11 is 0. The summed E-state index contributed by atoms with van der Waals surface area (Å²) in [5, 5.41) is 24.6. The van der Waals surface area contributed by atoms with Crippen LogP contribution in [-0.4, -0.2) is 78.7 Å². The molecule has 0 saturated carbocycles. The van der Waals surface area contributed by atoms with Gasteiger partial charge in [-0.15, -0.1) is 0 Å². The Labute approximate surface area is 321 Å². The largest absolute Gasteiger partial charge is 0.481 e. The lowest BCUT2D eigenvalue weighted by molar-refractivity contribution is -0.140. The summed E-state index contributed by atoms with van der Waals surface area (Å²) in [6.07, 6.45) is 3.02. The van der Waals surface area contributed by atoms with E-state index in [1.807, 2.05) is 74.5 Å². The highest BCUT2D eigenvalue weighted by atomic mass is 16.5. The van der Waals surface area contributed by atoms with Crippen LogP contribution in [-0.2, 0) is 23.7 Å². The quantitative estimate of drug-likeness (QED) is 0.144. The van der Waals surface area contributed by atoms with Crippen LogP contribution in [0.3, 0.4) is 0 Å². The molecular formula is C41H42N6O9. The van der Waals surface area contributed by atoms with Gasteiger partial charge in [0.2, 0.25) is 0 Å². The van der Waals surface area contributed by atoms with E-state index in [-0.39, 0.29) is 11.1 Å². The number of rotatable bonds is 12. The molecule has 6 rings (SSSR count). The lowest BCUT2D eigenvalue weighted by Gasteiger charge is -2.07. The van der Waals surface area contributed by atoms with Gasteiger partial charge in [-0.05, 0) is 62.4 Å². The standard InChI is InChI=1S/2C20H19N3O4.CH4O/c2*1-14-19(20(26)23(22(14)2)16-9-4-3-5-10-16)21-12-15-8-6-7-11-17(15)27-13-18(24)25;1-2/h2*3-12H,13H2,1-2H3,(H,24,25);2H,1H3. The molecule has 0 bridgehead atoms. The smallest absolute Gasteiger partial charge is 0.341 e. The SMILES string of the molecule is CO.Cc1c(N=Cc2ccccc2OCC(=O)O)c(=O)n(-c2ccccc2)n1C.Cc1c(N=Cc2ccccc2OCC(=O)O)c(=O)n(-c2ccccc2)n1C. The summed E-state index contributed by atoms with van der Waals surface area (Å²) in [7, 11) is 4.60. The van der Waals surface area contributed by atoms with Gasteiger partial charge in [-0.25, -0.2) is 28.9 Å². The van der Waals surface area contributed by atoms with Gasteiger partial charge in [0, 0.05) is 44.8 Å². The maximum atomic E-state index is 12.9. The number of aromatic nitrogens is 4. The molecule has 0 radical (unpaired) electrons. The number of carbonyl (C=O) groups is 2. The van der Waals surface area contributed by atoms with Crippen molar-refractivity contribution in [2.24, 2.45) is 24.1 Å². The number of para-hydroxylation sites is 4. The minimum absolute atomic E-state index is 0.235. The molecule has 0 unspecified atom stereocenters. The highest BCUT2D eigenvalue weighted by Crippen LogP contribution is 2.21. The molecule has 0 fully saturated rings. The number of hydrogen-bond acceptors (Lipinski definition) is 9. The number of nitrogens with zero attached hydrogens (tertiary/aromatic N) is 6. The van der Waals surface area contributed by atoms with Gasteiger partial charge in [0.15, 0.2) is 24.6 Å². The molecule has 2 aromatic heterocycles. The maximum absolute atomic E-state index is 12.9. The first-order valence-corrected chi connectivity index (χ1v) is 17.1. The third-order valence-corrected chi connectivity index (χ3v) is 8.25. The van der Waals surface area contributed by atoms with Crippen LogP contribution < -0.4 is 20.6 Å². The van der Waals surface area contributed by atoms with Crippen LogP contribution in [0, 0.1) is 13.8 Å². The lowest BCUT2D eigenvalue weighted by atomic mass is 10.2. The van der Waals surface area contributed by atoms with Crippen molar-refractivity contribution in [1.29, 1.82) is 0 Å². The van der Waals surface area contributed by atoms with Crippen LogP contribution in [0.4, 0.5) is 11.4 Å². The van der Waals surface area contributed by atoms with Crippen LogP contribution in [0.15, 0.2) is 129 Å². The molecule has 0 aliphatic rings. The molecule has 0 amide bonds. The molecule has 0 atom stereocenters. The van der Waals surface area contributed by atoms with Gasteiger partial charge in [0.1, 0.15) is 11.5 Å². The van der Waals surface area contributed by atoms with Crippen LogP contribution in [0.1, 0.15) is 22.5 Å². The fourth-order valence-electron chi connectivity index (χ4n) is 5.39. The second-order valence-corrected chi connectivity index (χ2v) is 11.8. The zero-order chi connectivity index (χ0) is 40.8. The number of aliphatic carboxylic acids is 2. The second kappa shape index (κ2) is 19.7. The molecule has 0 saturated heterocycles. The fourth-order valence-corrected chi connectivity index (χ4v) is 5.39. The Bertz CT molecular complexity index is 2270. The van der Waals surface area contributed by atoms with Gasteiger partial charge in [0.05, 0.1) is 22.8 Å². The fraction of sp³-hybridized carbons (Fsp3) is 0.171. The van der Waals surface area contributed by atoms with Gasteiger partial charge in [-0.1, -0.05) is 60.7 Å². The zero-order valence-corrected chi connectivity index (χ0v) is 31.4. The molecule has 0 spiro atoms. The Balaban J connectivity index is 0.000000238. The van der Waals surface area contributed by atoms with Crippen LogP contribution in [0.5, 0.6) is 11.5 Å². The zero-order valence-electron chi connectivity index (χ0n) is 31.4. The van der Waals surface area contributed by atoms with E-state index in [9.17, 15) is 19.2 Å². The van der Waals surface area contributed by atoms with Crippen LogP contribution in [0.25, 0.3) is 11.4 Å². The van der Waals surface area contributed by atoms with E-state index in [0.717, 1.165) is 18.5 Å². The van der Waals surface area contributed by atoms with Crippen LogP contribution >= 0.6 is 0 Å². The van der Waals surface area contributed by atoms with Crippen molar-refractivity contribution in [1.82, 2.24) is 18.7 Å². The molecule has 15 nitrogen and oxygen atoms in total. The molecule has 4 aromatic carbocycles. The molecular weight excluding hydrogens is 720 g/mol. The van der Waals surface area contributed by atoms with E-state index in [0.29, 0.717) is 45.4 Å². The third kappa shape index (κ3) is 10.0. The first-order valence-electron chi connectivity index (χ1n) is 17.1. The number of aliphatic hydroxyl groups is 1. The number of benzene rings is 4. The van der Waals surface area contributed by atoms with Crippen molar-refractivity contribution in [3.8, 4) is 22.9 Å². The molecule has 15 heteroatoms. The van der Waals surface area contributed by atoms with E-state index in [1.54, 1.807) is 81.4 Å². The number of hydrogen-bond donors (Lipinski definition) is 3. The molecule has 3 N–H and O–H groups in total. The third-order valence-electron chi connectivity index (χ3n) is 8.25. The molecule has 290 valence electrons. The molecule has 0 aliphatic carbocycles. The van der Waals surface area contributed by atoms with E-state index < -0.39 is 25.2 Å². The second-order valence-electron chi connectivity index (χ2n) is 11.8. The summed E-state index contributed by atoms with van der Waals surface area (Å²) in [5.74, 6) is -1.35. The Hall–Kier alpha value is -7.26. The van der Waals surface area contributed by atoms with E-state index in [4.69, 9.17) is 24.8 Å². The van der Waals surface area contributed by atoms with Crippen molar-refractivity contribution < 1.29 is 34.4 Å². The summed E-state index contributed by atoms with van der Waals surface area (Å²) in [4.78, 5) is 55.9. The highest BCUT2D eigenvalue weighted by molar-refractivity contribution is 5.86. The van der Waals surface area contributed by atoms with Gasteiger partial charge in [0.25, 0.3) is 11.1 Å². The van der Waals surface area contributed by atoms with Gasteiger partial charge >= 0.3 is 11.9 Å². The average molecular weight is 763 g/mol. The van der Waals surface area contributed by atoms with Gasteiger partial charge < -0.3 is 24.8 Å². The normalized spacial score (nSPS) is 10.8. The molecule has 6 aromatic rings. The number of carboxylic acid groups (broad SMARTS) is 2. The van der Waals surface area contributed by atoms with Crippen LogP contribution in [0.2, 0.25) is 0 Å². The summed E-state index contributed by atoms with van der Waals surface area (Å²) < 4.78 is 17.1. The molecule has 0 aliphatic heterocycles. The Morgan fingerprint density at radius 2 is 0.893 bits per heavy atom. The van der Waals surface area contributed by atoms with E-state index in [1.165, 1.54) is 12.4 Å². The summed E-state index contributed by atoms with van der Waals surface area (Å²) in [5.41, 5.74) is 4.26. The Morgan fingerprint density at radius 1 is 0.571 bits per heavy atom. The first-order chi connectivity index (χ1) is 27.0. The summed E-state index contributed by atoms with van der Waals surface area (Å²) in [6, 6.07) is 32.5. The van der Waals surface area contributed by atoms with Crippen molar-refractivity contribution in [3.05, 3.63) is 152 Å². The van der Waals surface area contributed by atoms with E-state index >= 15 is 0 Å².